The Morgan fingerprint density at radius 1 is 1.35 bits per heavy atom. The molecular formula is C11H13ClNaO6P. The van der Waals surface area contributed by atoms with Crippen molar-refractivity contribution in [3.05, 3.63) is 29.3 Å². The van der Waals surface area contributed by atoms with Gasteiger partial charge in [0.25, 0.3) is 0 Å². The van der Waals surface area contributed by atoms with Crippen LogP contribution in [0.25, 0.3) is 0 Å². The van der Waals surface area contributed by atoms with Crippen LogP contribution in [0.4, 0.5) is 0 Å². The van der Waals surface area contributed by atoms with Gasteiger partial charge in [0.05, 0.1) is 0 Å². The van der Waals surface area contributed by atoms with Gasteiger partial charge in [0.15, 0.2) is 19.5 Å². The van der Waals surface area contributed by atoms with E-state index in [9.17, 15) is 14.3 Å². The molecule has 0 aliphatic heterocycles. The summed E-state index contributed by atoms with van der Waals surface area (Å²) < 4.78 is 20.5. The molecule has 3 atom stereocenters. The van der Waals surface area contributed by atoms with E-state index in [0.29, 0.717) is 10.8 Å². The van der Waals surface area contributed by atoms with Crippen LogP contribution in [-0.2, 0) is 14.1 Å². The van der Waals surface area contributed by atoms with Crippen molar-refractivity contribution >= 4 is 25.2 Å². The Balaban J connectivity index is 0.00000361. The molecule has 20 heavy (non-hydrogen) atoms. The van der Waals surface area contributed by atoms with Gasteiger partial charge >= 0.3 is 35.5 Å². The fraction of sp³-hybridized carbons (Fsp3) is 0.364. The van der Waals surface area contributed by atoms with E-state index >= 15 is 0 Å². The number of ether oxygens (including phenoxy) is 2. The Bertz CT molecular complexity index is 488. The molecule has 0 aliphatic rings. The minimum Gasteiger partial charge on any atom is -0.776 e. The summed E-state index contributed by atoms with van der Waals surface area (Å²) in [6, 6.07) is 6.27. The largest absolute Gasteiger partial charge is 1.00 e. The van der Waals surface area contributed by atoms with E-state index < -0.39 is 25.5 Å². The quantitative estimate of drug-likeness (QED) is 0.403. The Morgan fingerprint density at radius 2 is 1.85 bits per heavy atom. The Labute approximate surface area is 143 Å². The monoisotopic (exact) mass is 330 g/mol. The van der Waals surface area contributed by atoms with Crippen LogP contribution < -0.4 is 39.2 Å². The Hall–Kier alpha value is -0.0700. The first kappa shape index (κ1) is 19.9. The number of carbonyl (C=O) groups is 1. The van der Waals surface area contributed by atoms with Crippen LogP contribution in [-0.4, -0.2) is 22.8 Å². The van der Waals surface area contributed by atoms with Gasteiger partial charge in [-0.2, -0.15) is 0 Å². The van der Waals surface area contributed by atoms with Crippen LogP contribution in [0.15, 0.2) is 24.3 Å². The molecule has 0 saturated heterocycles. The van der Waals surface area contributed by atoms with Crippen molar-refractivity contribution < 1.29 is 58.2 Å². The zero-order valence-electron chi connectivity index (χ0n) is 11.3. The third kappa shape index (κ3) is 6.59. The number of esters is 1. The third-order valence-corrected chi connectivity index (χ3v) is 3.48. The number of carbonyl (C=O) groups excluding carboxylic acids is 1. The maximum atomic E-state index is 11.5. The molecule has 0 aliphatic carbocycles. The van der Waals surface area contributed by atoms with E-state index in [2.05, 4.69) is 4.74 Å². The van der Waals surface area contributed by atoms with Crippen molar-refractivity contribution in [2.45, 2.75) is 25.8 Å². The summed E-state index contributed by atoms with van der Waals surface area (Å²) in [5.74, 6) is -2.13. The molecule has 0 saturated carbocycles. The first-order chi connectivity index (χ1) is 8.70. The average molecular weight is 331 g/mol. The van der Waals surface area contributed by atoms with E-state index in [0.717, 1.165) is 6.92 Å². The van der Waals surface area contributed by atoms with Crippen LogP contribution in [0.1, 0.15) is 13.8 Å². The summed E-state index contributed by atoms with van der Waals surface area (Å²) in [4.78, 5) is 31.0. The van der Waals surface area contributed by atoms with E-state index in [4.69, 9.17) is 21.2 Å². The first-order valence-electron chi connectivity index (χ1n) is 5.36. The van der Waals surface area contributed by atoms with Gasteiger partial charge < -0.3 is 23.8 Å². The van der Waals surface area contributed by atoms with Gasteiger partial charge in [0, 0.05) is 5.02 Å². The fourth-order valence-corrected chi connectivity index (χ4v) is 1.46. The number of halogens is 1. The molecule has 1 aromatic carbocycles. The number of benzene rings is 1. The SMILES string of the molecule is CC(Oc1ccc(Cl)cc1)C(=O)OC(C)P(=O)([O-])O.[Na+]. The molecule has 1 aromatic rings. The predicted octanol–water partition coefficient (Wildman–Crippen LogP) is -1.45. The molecular weight excluding hydrogens is 318 g/mol. The molecule has 0 spiro atoms. The van der Waals surface area contributed by atoms with Crippen molar-refractivity contribution in [1.29, 1.82) is 0 Å². The molecule has 106 valence electrons. The van der Waals surface area contributed by atoms with E-state index in [-0.39, 0.29) is 29.6 Å². The predicted molar refractivity (Wildman–Crippen MR) is 66.9 cm³/mol. The van der Waals surface area contributed by atoms with Gasteiger partial charge in [-0.3, -0.25) is 0 Å². The zero-order valence-corrected chi connectivity index (χ0v) is 14.9. The molecule has 0 amide bonds. The van der Waals surface area contributed by atoms with Gasteiger partial charge in [-0.15, -0.1) is 0 Å². The number of rotatable bonds is 5. The zero-order chi connectivity index (χ0) is 14.6. The summed E-state index contributed by atoms with van der Waals surface area (Å²) in [5.41, 5.74) is 0. The van der Waals surface area contributed by atoms with E-state index in [1.54, 1.807) is 24.3 Å². The van der Waals surface area contributed by atoms with Gasteiger partial charge in [-0.1, -0.05) is 11.6 Å². The van der Waals surface area contributed by atoms with Crippen LogP contribution in [0.2, 0.25) is 5.02 Å². The van der Waals surface area contributed by atoms with Crippen molar-refractivity contribution in [3.8, 4) is 5.75 Å². The number of hydrogen-bond donors (Lipinski definition) is 1. The molecule has 0 aromatic heterocycles. The standard InChI is InChI=1S/C11H14ClO6P.Na/c1-7(11(13)18-8(2)19(14,15)16)17-10-5-3-9(12)4-6-10;/h3-8H,1-2H3,(H2,14,15,16);/q;+1/p-1. The second-order valence-electron chi connectivity index (χ2n) is 3.81. The van der Waals surface area contributed by atoms with Crippen molar-refractivity contribution in [3.63, 3.8) is 0 Å². The number of hydrogen-bond acceptors (Lipinski definition) is 5. The minimum atomic E-state index is -4.71. The summed E-state index contributed by atoms with van der Waals surface area (Å²) in [6.07, 6.45) is -1.02. The summed E-state index contributed by atoms with van der Waals surface area (Å²) in [6.45, 7) is 2.46. The molecule has 1 N–H and O–H groups in total. The minimum absolute atomic E-state index is 0. The van der Waals surface area contributed by atoms with Crippen LogP contribution in [0, 0.1) is 0 Å². The summed E-state index contributed by atoms with van der Waals surface area (Å²) in [5, 5.41) is 0.517. The molecule has 1 rings (SSSR count). The first-order valence-corrected chi connectivity index (χ1v) is 7.39. The normalized spacial score (nSPS) is 16.2. The second kappa shape index (κ2) is 8.39. The molecule has 0 bridgehead atoms. The van der Waals surface area contributed by atoms with E-state index in [1.807, 2.05) is 0 Å². The van der Waals surface area contributed by atoms with Gasteiger partial charge in [-0.25, -0.2) is 4.79 Å². The van der Waals surface area contributed by atoms with Gasteiger partial charge in [0.2, 0.25) is 0 Å². The van der Waals surface area contributed by atoms with Crippen LogP contribution >= 0.6 is 19.2 Å². The molecule has 0 radical (unpaired) electrons. The second-order valence-corrected chi connectivity index (χ2v) is 6.11. The maximum Gasteiger partial charge on any atom is 1.00 e. The van der Waals surface area contributed by atoms with E-state index in [1.165, 1.54) is 6.92 Å². The molecule has 6 nitrogen and oxygen atoms in total. The summed E-state index contributed by atoms with van der Waals surface area (Å²) in [7, 11) is -4.71. The van der Waals surface area contributed by atoms with Gasteiger partial charge in [-0.05, 0) is 38.1 Å². The molecule has 0 fully saturated rings. The maximum absolute atomic E-state index is 11.5. The van der Waals surface area contributed by atoms with Gasteiger partial charge in [0.1, 0.15) is 5.75 Å². The molecule has 9 heteroatoms. The Kier molecular flexibility index (Phi) is 8.36. The van der Waals surface area contributed by atoms with Crippen molar-refractivity contribution in [2.24, 2.45) is 0 Å². The summed E-state index contributed by atoms with van der Waals surface area (Å²) >= 11 is 5.69. The topological polar surface area (TPSA) is 95.9 Å². The third-order valence-electron chi connectivity index (χ3n) is 2.20. The average Bonchev–Trinajstić information content (AvgIpc) is 2.30. The smallest absolute Gasteiger partial charge is 0.776 e. The van der Waals surface area contributed by atoms with Crippen LogP contribution in [0.3, 0.4) is 0 Å². The van der Waals surface area contributed by atoms with Crippen molar-refractivity contribution in [2.75, 3.05) is 0 Å². The fourth-order valence-electron chi connectivity index (χ4n) is 1.10. The molecule has 0 heterocycles. The van der Waals surface area contributed by atoms with Crippen LogP contribution in [0.5, 0.6) is 5.75 Å². The van der Waals surface area contributed by atoms with Crippen molar-refractivity contribution in [1.82, 2.24) is 0 Å². The Morgan fingerprint density at radius 3 is 2.30 bits per heavy atom. The molecule has 3 unspecified atom stereocenters.